The minimum Gasteiger partial charge on any atom is -0.491 e. The topological polar surface area (TPSA) is 120 Å². The van der Waals surface area contributed by atoms with Gasteiger partial charge in [-0.1, -0.05) is 55.5 Å². The predicted molar refractivity (Wildman–Crippen MR) is 153 cm³/mol. The van der Waals surface area contributed by atoms with E-state index in [2.05, 4.69) is 10.3 Å². The first kappa shape index (κ1) is 27.8. The van der Waals surface area contributed by atoms with Gasteiger partial charge in [-0.25, -0.2) is 13.1 Å². The van der Waals surface area contributed by atoms with Crippen LogP contribution in [0.25, 0.3) is 11.0 Å². The Balaban J connectivity index is 1.61. The highest BCUT2D eigenvalue weighted by atomic mass is 32.2. The van der Waals surface area contributed by atoms with Crippen molar-refractivity contribution in [2.24, 2.45) is 11.1 Å². The molecule has 3 aromatic carbocycles. The van der Waals surface area contributed by atoms with Gasteiger partial charge >= 0.3 is 0 Å². The molecule has 0 saturated heterocycles. The lowest BCUT2D eigenvalue weighted by Crippen LogP contribution is -2.38. The van der Waals surface area contributed by atoms with Gasteiger partial charge in [0.15, 0.2) is 0 Å². The quantitative estimate of drug-likeness (QED) is 0.359. The minimum atomic E-state index is -3.78. The number of benzene rings is 3. The molecular weight excluding hydrogens is 526 g/mol. The minimum absolute atomic E-state index is 0.165. The lowest BCUT2D eigenvalue weighted by atomic mass is 9.69. The summed E-state index contributed by atoms with van der Waals surface area (Å²) in [5, 5.41) is 8.69. The van der Waals surface area contributed by atoms with Crippen LogP contribution in [0.4, 0.5) is 0 Å². The zero-order valence-corrected chi connectivity index (χ0v) is 24.3. The summed E-state index contributed by atoms with van der Waals surface area (Å²) in [7, 11) is -3.78. The van der Waals surface area contributed by atoms with Gasteiger partial charge in [-0.3, -0.25) is 4.79 Å². The molecule has 9 nitrogen and oxygen atoms in total. The molecule has 0 spiro atoms. The number of primary amides is 1. The van der Waals surface area contributed by atoms with Crippen molar-refractivity contribution in [3.05, 3.63) is 82.4 Å². The highest BCUT2D eigenvalue weighted by Gasteiger charge is 2.39. The number of hydrogen-bond donors (Lipinski definition) is 1. The third-order valence-electron chi connectivity index (χ3n) is 8.07. The zero-order valence-electron chi connectivity index (χ0n) is 23.5. The molecule has 2 heterocycles. The Morgan fingerprint density at radius 1 is 1.12 bits per heavy atom. The van der Waals surface area contributed by atoms with E-state index in [0.717, 1.165) is 38.9 Å². The summed E-state index contributed by atoms with van der Waals surface area (Å²) < 4.78 is 36.2. The number of carbonyl (C=O) groups is 1. The molecule has 2 N–H and O–H groups in total. The standard InChI is InChI=1S/C30H35N5O4S/c1-6-35-24-14-13-23(20(3)28(24)32-33-35)27(30(4,5)29(31)36)21-12-11-19(2)22(17-21)18-34-15-16-39-25-9-7-8-10-26(25)40(34,37)38/h7-14,17,27H,6,15-16,18H2,1-5H3,(H2,31,36)/t27-/m0/s1. The predicted octanol–water partition coefficient (Wildman–Crippen LogP) is 4.29. The monoisotopic (exact) mass is 561 g/mol. The van der Waals surface area contributed by atoms with Gasteiger partial charge in [0.2, 0.25) is 15.9 Å². The summed E-state index contributed by atoms with van der Waals surface area (Å²) in [5.41, 5.74) is 11.3. The van der Waals surface area contributed by atoms with E-state index >= 15 is 0 Å². The van der Waals surface area contributed by atoms with Gasteiger partial charge in [-0.05, 0) is 66.8 Å². The van der Waals surface area contributed by atoms with Gasteiger partial charge in [0.25, 0.3) is 0 Å². The van der Waals surface area contributed by atoms with Crippen LogP contribution in [0, 0.1) is 19.3 Å². The smallest absolute Gasteiger partial charge is 0.247 e. The van der Waals surface area contributed by atoms with E-state index in [1.807, 2.05) is 69.6 Å². The van der Waals surface area contributed by atoms with Crippen LogP contribution in [-0.2, 0) is 27.9 Å². The number of sulfonamides is 1. The van der Waals surface area contributed by atoms with Crippen molar-refractivity contribution in [1.29, 1.82) is 0 Å². The summed E-state index contributed by atoms with van der Waals surface area (Å²) in [6.45, 7) is 11.0. The number of ether oxygens (including phenoxy) is 1. The normalized spacial score (nSPS) is 16.2. The van der Waals surface area contributed by atoms with Gasteiger partial charge in [0.05, 0.1) is 10.9 Å². The fourth-order valence-corrected chi connectivity index (χ4v) is 7.08. The maximum absolute atomic E-state index is 13.6. The number of aryl methyl sites for hydroxylation is 3. The second kappa shape index (κ2) is 10.3. The van der Waals surface area contributed by atoms with Crippen molar-refractivity contribution in [1.82, 2.24) is 19.3 Å². The summed E-state index contributed by atoms with van der Waals surface area (Å²) in [4.78, 5) is 13.0. The van der Waals surface area contributed by atoms with Crippen molar-refractivity contribution >= 4 is 27.0 Å². The molecule has 0 unspecified atom stereocenters. The number of amides is 1. The van der Waals surface area contributed by atoms with Gasteiger partial charge < -0.3 is 10.5 Å². The van der Waals surface area contributed by atoms with Gasteiger partial charge in [-0.2, -0.15) is 4.31 Å². The molecule has 0 aliphatic carbocycles. The maximum Gasteiger partial charge on any atom is 0.247 e. The van der Waals surface area contributed by atoms with Crippen LogP contribution in [0.2, 0.25) is 0 Å². The van der Waals surface area contributed by atoms with Crippen LogP contribution < -0.4 is 10.5 Å². The van der Waals surface area contributed by atoms with Crippen molar-refractivity contribution < 1.29 is 17.9 Å². The molecule has 4 aromatic rings. The fourth-order valence-electron chi connectivity index (χ4n) is 5.55. The average molecular weight is 562 g/mol. The highest BCUT2D eigenvalue weighted by molar-refractivity contribution is 7.89. The molecule has 1 aliphatic heterocycles. The second-order valence-electron chi connectivity index (χ2n) is 10.9. The molecule has 210 valence electrons. The van der Waals surface area contributed by atoms with Crippen LogP contribution in [0.1, 0.15) is 54.5 Å². The summed E-state index contributed by atoms with van der Waals surface area (Å²) >= 11 is 0. The van der Waals surface area contributed by atoms with Crippen LogP contribution in [0.5, 0.6) is 5.75 Å². The number of nitrogens with two attached hydrogens (primary N) is 1. The lowest BCUT2D eigenvalue weighted by molar-refractivity contribution is -0.126. The molecule has 10 heteroatoms. The first-order valence-corrected chi connectivity index (χ1v) is 14.8. The van der Waals surface area contributed by atoms with E-state index in [-0.39, 0.29) is 24.6 Å². The Bertz CT molecular complexity index is 1710. The number of rotatable bonds is 7. The molecule has 5 rings (SSSR count). The summed E-state index contributed by atoms with van der Waals surface area (Å²) in [5.74, 6) is -0.463. The Kier molecular flexibility index (Phi) is 7.18. The van der Waals surface area contributed by atoms with Crippen molar-refractivity contribution in [2.45, 2.75) is 58.5 Å². The van der Waals surface area contributed by atoms with Crippen LogP contribution in [-0.4, -0.2) is 46.8 Å². The van der Waals surface area contributed by atoms with E-state index in [4.69, 9.17) is 10.5 Å². The van der Waals surface area contributed by atoms with E-state index in [9.17, 15) is 13.2 Å². The Labute approximate surface area is 235 Å². The Hall–Kier alpha value is -3.76. The largest absolute Gasteiger partial charge is 0.491 e. The summed E-state index contributed by atoms with van der Waals surface area (Å²) in [6, 6.07) is 16.7. The molecular formula is C30H35N5O4S. The Morgan fingerprint density at radius 3 is 2.60 bits per heavy atom. The van der Waals surface area contributed by atoms with Crippen LogP contribution in [0.15, 0.2) is 59.5 Å². The molecule has 1 aliphatic rings. The maximum atomic E-state index is 13.6. The van der Waals surface area contributed by atoms with E-state index < -0.39 is 27.3 Å². The molecule has 0 radical (unpaired) electrons. The van der Waals surface area contributed by atoms with Gasteiger partial charge in [0, 0.05) is 25.6 Å². The number of aromatic nitrogens is 3. The molecule has 1 amide bonds. The van der Waals surface area contributed by atoms with Crippen LogP contribution >= 0.6 is 0 Å². The lowest BCUT2D eigenvalue weighted by Gasteiger charge is -2.34. The first-order chi connectivity index (χ1) is 19.0. The fraction of sp³-hybridized carbons (Fsp3) is 0.367. The van der Waals surface area contributed by atoms with Gasteiger partial charge in [0.1, 0.15) is 22.8 Å². The van der Waals surface area contributed by atoms with Gasteiger partial charge in [-0.15, -0.1) is 5.10 Å². The molecule has 0 bridgehead atoms. The molecule has 1 atom stereocenters. The number of para-hydroxylation sites is 1. The number of nitrogens with zero attached hydrogens (tertiary/aromatic N) is 4. The molecule has 0 fully saturated rings. The second-order valence-corrected chi connectivity index (χ2v) is 12.8. The summed E-state index contributed by atoms with van der Waals surface area (Å²) in [6.07, 6.45) is 0. The van der Waals surface area contributed by atoms with E-state index in [0.29, 0.717) is 12.3 Å². The molecule has 40 heavy (non-hydrogen) atoms. The SMILES string of the molecule is CCn1nnc2c(C)c([C@H](c3ccc(C)c(CN4CCOc5ccccc5S4(=O)=O)c3)C(C)(C)C(N)=O)ccc21. The van der Waals surface area contributed by atoms with E-state index in [1.54, 1.807) is 24.3 Å². The number of carbonyl (C=O) groups excluding carboxylic acids is 1. The third-order valence-corrected chi connectivity index (χ3v) is 9.95. The van der Waals surface area contributed by atoms with E-state index in [1.165, 1.54) is 4.31 Å². The highest BCUT2D eigenvalue weighted by Crippen LogP contribution is 2.44. The van der Waals surface area contributed by atoms with Crippen molar-refractivity contribution in [3.63, 3.8) is 0 Å². The Morgan fingerprint density at radius 2 is 1.88 bits per heavy atom. The number of fused-ring (bicyclic) bond motifs is 2. The first-order valence-electron chi connectivity index (χ1n) is 13.4. The van der Waals surface area contributed by atoms with Crippen molar-refractivity contribution in [3.8, 4) is 5.75 Å². The molecule has 1 aromatic heterocycles. The number of hydrogen-bond acceptors (Lipinski definition) is 6. The molecule has 0 saturated carbocycles. The van der Waals surface area contributed by atoms with Crippen LogP contribution in [0.3, 0.4) is 0 Å². The third kappa shape index (κ3) is 4.65. The average Bonchev–Trinajstić information content (AvgIpc) is 3.30. The zero-order chi connectivity index (χ0) is 28.8. The van der Waals surface area contributed by atoms with Crippen molar-refractivity contribution in [2.75, 3.05) is 13.2 Å².